The summed E-state index contributed by atoms with van der Waals surface area (Å²) in [6.45, 7) is 2.25. The Morgan fingerprint density at radius 3 is 2.00 bits per heavy atom. The molecule has 0 aromatic heterocycles. The summed E-state index contributed by atoms with van der Waals surface area (Å²) in [5, 5.41) is 1.48. The van der Waals surface area contributed by atoms with Crippen molar-refractivity contribution in [3.05, 3.63) is 0 Å². The van der Waals surface area contributed by atoms with E-state index in [-0.39, 0.29) is 12.4 Å². The van der Waals surface area contributed by atoms with Crippen molar-refractivity contribution in [2.45, 2.75) is 31.2 Å². The summed E-state index contributed by atoms with van der Waals surface area (Å²) < 4.78 is 0. The van der Waals surface area contributed by atoms with Gasteiger partial charge in [-0.15, -0.1) is 12.4 Å². The molecule has 0 aliphatic heterocycles. The van der Waals surface area contributed by atoms with E-state index in [0.29, 0.717) is 0 Å². The van der Waals surface area contributed by atoms with Gasteiger partial charge in [0.1, 0.15) is 0 Å². The number of unbranched alkanes of at least 4 members (excludes halogenated alkanes) is 2. The first-order valence-corrected chi connectivity index (χ1v) is 4.81. The summed E-state index contributed by atoms with van der Waals surface area (Å²) in [6, 6.07) is 0. The normalized spacial score (nSPS) is 7.86. The van der Waals surface area contributed by atoms with Crippen LogP contribution in [-0.2, 0) is 18.3 Å². The van der Waals surface area contributed by atoms with Crippen molar-refractivity contribution in [2.24, 2.45) is 0 Å². The van der Waals surface area contributed by atoms with E-state index in [1.54, 1.807) is 0 Å². The average molecular weight is 173 g/mol. The Kier molecular flexibility index (Phi) is 15.5. The van der Waals surface area contributed by atoms with Gasteiger partial charge in [0, 0.05) is 0 Å². The molecule has 0 aromatic carbocycles. The summed E-state index contributed by atoms with van der Waals surface area (Å²) in [5.74, 6) is 0. The van der Waals surface area contributed by atoms with Crippen LogP contribution in [0.25, 0.3) is 0 Å². The molecule has 0 spiro atoms. The molecule has 0 nitrogen and oxygen atoms in total. The largest absolute Gasteiger partial charge is 0.147 e. The maximum absolute atomic E-state index is 2.25. The van der Waals surface area contributed by atoms with Crippen molar-refractivity contribution in [3.8, 4) is 0 Å². The number of halogens is 1. The predicted molar refractivity (Wildman–Crippen MR) is 31.6 cm³/mol. The molecule has 0 saturated carbocycles. The van der Waals surface area contributed by atoms with E-state index in [4.69, 9.17) is 0 Å². The molecule has 2 heteroatoms. The fourth-order valence-electron chi connectivity index (χ4n) is 0.427. The molecule has 0 unspecified atom stereocenters. The zero-order valence-electron chi connectivity index (χ0n) is 4.94. The second-order valence-corrected chi connectivity index (χ2v) is 3.04. The molecule has 7 heavy (non-hydrogen) atoms. The van der Waals surface area contributed by atoms with E-state index in [9.17, 15) is 0 Å². The van der Waals surface area contributed by atoms with Crippen LogP contribution in [-0.4, -0.2) is 0 Å². The molecule has 0 rings (SSSR count). The third-order valence-corrected chi connectivity index (χ3v) is 1.90. The number of rotatable bonds is 3. The molecule has 0 aromatic rings. The molecule has 0 radical (unpaired) electrons. The number of hydrogen-bond donors (Lipinski definition) is 0. The summed E-state index contributed by atoms with van der Waals surface area (Å²) >= 11 is 1.49. The van der Waals surface area contributed by atoms with Crippen molar-refractivity contribution < 1.29 is 18.3 Å². The molecule has 0 amide bonds. The van der Waals surface area contributed by atoms with Crippen LogP contribution in [0.3, 0.4) is 0 Å². The molecule has 0 heterocycles. The van der Waals surface area contributed by atoms with Crippen molar-refractivity contribution in [2.75, 3.05) is 0 Å². The third-order valence-electron chi connectivity index (χ3n) is 0.854. The zero-order valence-corrected chi connectivity index (χ0v) is 8.73. The van der Waals surface area contributed by atoms with Crippen molar-refractivity contribution in [3.63, 3.8) is 0 Å². The average Bonchev–Trinajstić information content (AvgIpc) is 1.61. The van der Waals surface area contributed by atoms with Crippen LogP contribution in [0.15, 0.2) is 0 Å². The van der Waals surface area contributed by atoms with Gasteiger partial charge in [-0.05, 0) is 0 Å². The predicted octanol–water partition coefficient (Wildman–Crippen LogP) is 2.56. The summed E-state index contributed by atoms with van der Waals surface area (Å²) in [4.78, 5) is 0. The van der Waals surface area contributed by atoms with Gasteiger partial charge in [0.15, 0.2) is 0 Å². The van der Waals surface area contributed by atoms with E-state index >= 15 is 0 Å². The van der Waals surface area contributed by atoms with Gasteiger partial charge in [-0.2, -0.15) is 0 Å². The van der Waals surface area contributed by atoms with Crippen molar-refractivity contribution in [1.82, 2.24) is 0 Å². The molecular formula is C5H12ClZn. The Morgan fingerprint density at radius 1 is 1.29 bits per heavy atom. The quantitative estimate of drug-likeness (QED) is 0.454. The van der Waals surface area contributed by atoms with Crippen LogP contribution in [0.5, 0.6) is 0 Å². The Balaban J connectivity index is 0. The fourth-order valence-corrected chi connectivity index (χ4v) is 1.17. The molecule has 0 bridgehead atoms. The molecule has 0 aliphatic rings. The van der Waals surface area contributed by atoms with Gasteiger partial charge in [0.25, 0.3) is 0 Å². The first-order valence-electron chi connectivity index (χ1n) is 2.71. The van der Waals surface area contributed by atoms with E-state index in [2.05, 4.69) is 6.92 Å². The Hall–Kier alpha value is 0.913. The molecule has 0 N–H and O–H groups in total. The van der Waals surface area contributed by atoms with E-state index in [1.807, 2.05) is 0 Å². The summed E-state index contributed by atoms with van der Waals surface area (Å²) in [7, 11) is 0. The Morgan fingerprint density at radius 2 is 1.86 bits per heavy atom. The maximum Gasteiger partial charge on any atom is -0.147 e. The van der Waals surface area contributed by atoms with E-state index in [1.165, 1.54) is 42.6 Å². The van der Waals surface area contributed by atoms with Gasteiger partial charge in [0.05, 0.1) is 0 Å². The molecule has 0 atom stereocenters. The molecule has 0 saturated heterocycles. The Labute approximate surface area is 62.2 Å². The second-order valence-electron chi connectivity index (χ2n) is 1.56. The molecule has 41 valence electrons. The maximum atomic E-state index is 2.25. The van der Waals surface area contributed by atoms with E-state index < -0.39 is 0 Å². The molecule has 0 fully saturated rings. The minimum atomic E-state index is 0. The van der Waals surface area contributed by atoms with Gasteiger partial charge in [-0.3, -0.25) is 0 Å². The van der Waals surface area contributed by atoms with Gasteiger partial charge in [0.2, 0.25) is 0 Å². The topological polar surface area (TPSA) is 0 Å². The zero-order chi connectivity index (χ0) is 4.83. The standard InChI is InChI=1S/C5H11.ClH.Zn/c1-3-5-4-2;;/h1,3-5H2,2H3;1H;. The Bertz CT molecular complexity index is 20.0. The van der Waals surface area contributed by atoms with Crippen LogP contribution in [0, 0.1) is 0 Å². The van der Waals surface area contributed by atoms with Gasteiger partial charge in [-0.1, -0.05) is 0 Å². The van der Waals surface area contributed by atoms with Gasteiger partial charge < -0.3 is 0 Å². The minimum Gasteiger partial charge on any atom is -0.147 e. The van der Waals surface area contributed by atoms with Gasteiger partial charge >= 0.3 is 49.5 Å². The van der Waals surface area contributed by atoms with Crippen LogP contribution < -0.4 is 0 Å². The van der Waals surface area contributed by atoms with Crippen LogP contribution in [0.2, 0.25) is 5.02 Å². The minimum absolute atomic E-state index is 0. The first-order chi connectivity index (χ1) is 2.91. The van der Waals surface area contributed by atoms with Crippen molar-refractivity contribution in [1.29, 1.82) is 0 Å². The second kappa shape index (κ2) is 10.0. The fraction of sp³-hybridized carbons (Fsp3) is 1.00. The summed E-state index contributed by atoms with van der Waals surface area (Å²) in [5.41, 5.74) is 0. The summed E-state index contributed by atoms with van der Waals surface area (Å²) in [6.07, 6.45) is 4.29. The smallest absolute Gasteiger partial charge is 0.147 e. The monoisotopic (exact) mass is 171 g/mol. The third kappa shape index (κ3) is 10.9. The van der Waals surface area contributed by atoms with Crippen molar-refractivity contribution >= 4 is 12.4 Å². The molecule has 0 aliphatic carbocycles. The van der Waals surface area contributed by atoms with Gasteiger partial charge in [-0.25, -0.2) is 0 Å². The first kappa shape index (κ1) is 10.8. The molecular weight excluding hydrogens is 161 g/mol. The van der Waals surface area contributed by atoms with Crippen LogP contribution in [0.4, 0.5) is 0 Å². The SMILES string of the molecule is CCCC[CH2][Zn].Cl. The van der Waals surface area contributed by atoms with Crippen LogP contribution >= 0.6 is 12.4 Å². The van der Waals surface area contributed by atoms with Crippen LogP contribution in [0.1, 0.15) is 26.2 Å². The number of hydrogen-bond acceptors (Lipinski definition) is 0. The van der Waals surface area contributed by atoms with E-state index in [0.717, 1.165) is 0 Å².